The van der Waals surface area contributed by atoms with Crippen LogP contribution in [0, 0.1) is 6.92 Å². The molecule has 0 radical (unpaired) electrons. The highest BCUT2D eigenvalue weighted by Crippen LogP contribution is 2.14. The minimum Gasteiger partial charge on any atom is -0.211 e. The summed E-state index contributed by atoms with van der Waals surface area (Å²) >= 11 is 0. The second kappa shape index (κ2) is 10.5. The number of benzene rings is 3. The van der Waals surface area contributed by atoms with Gasteiger partial charge in [-0.15, -0.1) is 0 Å². The lowest BCUT2D eigenvalue weighted by molar-refractivity contribution is -0.193. The molecule has 0 heterocycles. The molecule has 29 heavy (non-hydrogen) atoms. The first kappa shape index (κ1) is 20.7. The maximum Gasteiger partial charge on any atom is 0.0507 e. The zero-order valence-electron chi connectivity index (χ0n) is 17.3. The fourth-order valence-electron chi connectivity index (χ4n) is 2.96. The summed E-state index contributed by atoms with van der Waals surface area (Å²) in [6.45, 7) is 2.83. The van der Waals surface area contributed by atoms with Crippen molar-refractivity contribution in [2.45, 2.75) is 13.5 Å². The molecule has 3 heteroatoms. The van der Waals surface area contributed by atoms with Gasteiger partial charge in [0, 0.05) is 14.1 Å². The lowest BCUT2D eigenvalue weighted by Crippen LogP contribution is -2.25. The van der Waals surface area contributed by atoms with Gasteiger partial charge in [-0.1, -0.05) is 103 Å². The van der Waals surface area contributed by atoms with E-state index in [2.05, 4.69) is 110 Å². The van der Waals surface area contributed by atoms with Crippen LogP contribution in [-0.2, 0) is 11.5 Å². The predicted octanol–water partition coefficient (Wildman–Crippen LogP) is 5.83. The molecule has 0 aliphatic carbocycles. The number of rotatable bonds is 8. The van der Waals surface area contributed by atoms with E-state index in [1.165, 1.54) is 33.4 Å². The minimum absolute atomic E-state index is 0.725. The maximum absolute atomic E-state index is 5.20. The molecule has 3 nitrogen and oxygen atoms in total. The van der Waals surface area contributed by atoms with Crippen molar-refractivity contribution in [3.8, 4) is 0 Å². The molecule has 0 saturated carbocycles. The summed E-state index contributed by atoms with van der Waals surface area (Å²) in [5.41, 5.74) is 9.92. The van der Waals surface area contributed by atoms with Gasteiger partial charge < -0.3 is 0 Å². The van der Waals surface area contributed by atoms with Crippen LogP contribution in [0.2, 0.25) is 0 Å². The molecule has 0 fully saturated rings. The van der Waals surface area contributed by atoms with Crippen molar-refractivity contribution in [2.75, 3.05) is 14.1 Å². The summed E-state index contributed by atoms with van der Waals surface area (Å²) in [4.78, 5) is 5.20. The van der Waals surface area contributed by atoms with E-state index in [-0.39, 0.29) is 0 Å². The maximum atomic E-state index is 5.20. The number of nitrogens with zero attached hydrogens (tertiary/aromatic N) is 1. The average Bonchev–Trinajstić information content (AvgIpc) is 2.74. The zero-order chi connectivity index (χ0) is 20.5. The monoisotopic (exact) mass is 384 g/mol. The first-order valence-corrected chi connectivity index (χ1v) is 9.79. The molecule has 0 aliphatic rings. The van der Waals surface area contributed by atoms with Crippen LogP contribution in [0.15, 0.2) is 72.8 Å². The highest BCUT2D eigenvalue weighted by atomic mass is 16.8. The van der Waals surface area contributed by atoms with Gasteiger partial charge in [-0.25, -0.2) is 4.94 Å². The van der Waals surface area contributed by atoms with Gasteiger partial charge in [0.1, 0.15) is 0 Å². The van der Waals surface area contributed by atoms with E-state index < -0.39 is 0 Å². The molecule has 3 rings (SSSR count). The quantitative estimate of drug-likeness (QED) is 0.390. The number of hydrogen-bond donors (Lipinski definition) is 1. The van der Waals surface area contributed by atoms with Gasteiger partial charge in [-0.2, -0.15) is 10.5 Å². The molecule has 0 unspecified atom stereocenters. The summed E-state index contributed by atoms with van der Waals surface area (Å²) in [7, 11) is 3.64. The molecule has 0 aliphatic heterocycles. The van der Waals surface area contributed by atoms with E-state index >= 15 is 0 Å². The smallest absolute Gasteiger partial charge is 0.0507 e. The lowest BCUT2D eigenvalue weighted by atomic mass is 10.1. The molecular weight excluding hydrogens is 356 g/mol. The summed E-state index contributed by atoms with van der Waals surface area (Å²) in [5, 5.41) is 1.75. The van der Waals surface area contributed by atoms with Crippen molar-refractivity contribution in [1.82, 2.24) is 10.5 Å². The predicted molar refractivity (Wildman–Crippen MR) is 124 cm³/mol. The zero-order valence-corrected chi connectivity index (χ0v) is 17.3. The number of nitrogens with one attached hydrogen (secondary N) is 1. The fourth-order valence-corrected chi connectivity index (χ4v) is 2.96. The van der Waals surface area contributed by atoms with Crippen molar-refractivity contribution in [1.29, 1.82) is 0 Å². The largest absolute Gasteiger partial charge is 0.211 e. The van der Waals surface area contributed by atoms with Gasteiger partial charge in [0.25, 0.3) is 0 Å². The molecule has 148 valence electrons. The van der Waals surface area contributed by atoms with Crippen LogP contribution in [0.1, 0.15) is 33.4 Å². The lowest BCUT2D eigenvalue weighted by Gasteiger charge is -2.14. The molecule has 0 amide bonds. The molecule has 3 aromatic rings. The third-order valence-electron chi connectivity index (χ3n) is 4.58. The van der Waals surface area contributed by atoms with Crippen molar-refractivity contribution in [3.63, 3.8) is 0 Å². The second-order valence-corrected chi connectivity index (χ2v) is 7.07. The van der Waals surface area contributed by atoms with Gasteiger partial charge in [0.15, 0.2) is 0 Å². The third kappa shape index (κ3) is 6.84. The average molecular weight is 385 g/mol. The van der Waals surface area contributed by atoms with Crippen LogP contribution in [0.5, 0.6) is 0 Å². The van der Waals surface area contributed by atoms with E-state index in [0.717, 1.165) is 6.54 Å². The molecular formula is C26H28N2O. The molecule has 0 spiro atoms. The Hall–Kier alpha value is -2.98. The fraction of sp³-hybridized carbons (Fsp3) is 0.154. The standard InChI is InChI=1S/C26H28N2O/c1-21-4-6-22(7-5-21)8-9-23-10-12-24(13-11-23)14-15-25-16-18-26(19-17-25)20-28(3)29-27-2/h4-19,27H,20H2,1-3H3/b9-8+,15-14+. The van der Waals surface area contributed by atoms with Gasteiger partial charge in [0.2, 0.25) is 0 Å². The van der Waals surface area contributed by atoms with Gasteiger partial charge >= 0.3 is 0 Å². The van der Waals surface area contributed by atoms with E-state index in [1.54, 1.807) is 12.1 Å². The van der Waals surface area contributed by atoms with E-state index in [9.17, 15) is 0 Å². The molecule has 3 aromatic carbocycles. The summed E-state index contributed by atoms with van der Waals surface area (Å²) in [6, 6.07) is 25.6. The first-order valence-electron chi connectivity index (χ1n) is 9.79. The number of aryl methyl sites for hydroxylation is 1. The highest BCUT2D eigenvalue weighted by molar-refractivity contribution is 5.73. The van der Waals surface area contributed by atoms with E-state index in [0.29, 0.717) is 0 Å². The van der Waals surface area contributed by atoms with Crippen LogP contribution in [0.4, 0.5) is 0 Å². The Bertz CT molecular complexity index is 940. The van der Waals surface area contributed by atoms with Gasteiger partial charge in [-0.3, -0.25) is 0 Å². The van der Waals surface area contributed by atoms with Crippen LogP contribution in [0.3, 0.4) is 0 Å². The van der Waals surface area contributed by atoms with E-state index in [4.69, 9.17) is 4.94 Å². The van der Waals surface area contributed by atoms with Crippen molar-refractivity contribution >= 4 is 24.3 Å². The Labute approximate surface area is 173 Å². The van der Waals surface area contributed by atoms with Gasteiger partial charge in [-0.05, 0) is 34.7 Å². The third-order valence-corrected chi connectivity index (χ3v) is 4.58. The molecule has 0 atom stereocenters. The Morgan fingerprint density at radius 1 is 0.690 bits per heavy atom. The van der Waals surface area contributed by atoms with Crippen LogP contribution < -0.4 is 5.48 Å². The Balaban J connectivity index is 1.57. The van der Waals surface area contributed by atoms with Crippen molar-refractivity contribution in [3.05, 3.63) is 106 Å². The van der Waals surface area contributed by atoms with Gasteiger partial charge in [0.05, 0.1) is 6.54 Å². The number of hydroxylamine groups is 3. The first-order chi connectivity index (χ1) is 14.1. The minimum atomic E-state index is 0.725. The van der Waals surface area contributed by atoms with Crippen LogP contribution >= 0.6 is 0 Å². The SMILES string of the molecule is CNON(C)Cc1ccc(/C=C/c2ccc(/C=C/c3ccc(C)cc3)cc2)cc1. The van der Waals surface area contributed by atoms with Crippen LogP contribution in [-0.4, -0.2) is 19.2 Å². The van der Waals surface area contributed by atoms with Crippen LogP contribution in [0.25, 0.3) is 24.3 Å². The number of hydrogen-bond acceptors (Lipinski definition) is 3. The Morgan fingerprint density at radius 2 is 1.07 bits per heavy atom. The Kier molecular flexibility index (Phi) is 7.54. The second-order valence-electron chi connectivity index (χ2n) is 7.07. The molecule has 0 aromatic heterocycles. The summed E-state index contributed by atoms with van der Waals surface area (Å²) in [6.07, 6.45) is 8.56. The molecule has 0 saturated heterocycles. The Morgan fingerprint density at radius 3 is 1.48 bits per heavy atom. The highest BCUT2D eigenvalue weighted by Gasteiger charge is 1.99. The summed E-state index contributed by atoms with van der Waals surface area (Å²) in [5.74, 6) is 0. The topological polar surface area (TPSA) is 24.5 Å². The normalized spacial score (nSPS) is 11.7. The molecule has 0 bridgehead atoms. The van der Waals surface area contributed by atoms with Crippen molar-refractivity contribution in [2.24, 2.45) is 0 Å². The molecule has 1 N–H and O–H groups in total. The van der Waals surface area contributed by atoms with Crippen molar-refractivity contribution < 1.29 is 4.94 Å². The van der Waals surface area contributed by atoms with E-state index in [1.807, 2.05) is 7.05 Å². The summed E-state index contributed by atoms with van der Waals surface area (Å²) < 4.78 is 0.